The molecule has 0 radical (unpaired) electrons. The number of esters is 3. The predicted molar refractivity (Wildman–Crippen MR) is 348 cm³/mol. The van der Waals surface area contributed by atoms with Crippen LogP contribution in [0.15, 0.2) is 97.2 Å². The minimum absolute atomic E-state index is 0.0839. The summed E-state index contributed by atoms with van der Waals surface area (Å²) in [4.78, 5) is 38.4. The lowest BCUT2D eigenvalue weighted by atomic mass is 10.0. The highest BCUT2D eigenvalue weighted by Gasteiger charge is 2.19. The van der Waals surface area contributed by atoms with Gasteiger partial charge in [-0.2, -0.15) is 0 Å². The number of hydrogen-bond donors (Lipinski definition) is 0. The Labute approximate surface area is 496 Å². The largest absolute Gasteiger partial charge is 0.462 e. The van der Waals surface area contributed by atoms with E-state index in [9.17, 15) is 14.4 Å². The molecule has 80 heavy (non-hydrogen) atoms. The second kappa shape index (κ2) is 67.8. The number of carbonyl (C=O) groups excluding carboxylic acids is 3. The normalized spacial score (nSPS) is 12.7. The van der Waals surface area contributed by atoms with E-state index in [2.05, 4.69) is 118 Å². The summed E-state index contributed by atoms with van der Waals surface area (Å²) < 4.78 is 17.0. The van der Waals surface area contributed by atoms with Crippen molar-refractivity contribution in [2.45, 2.75) is 341 Å². The molecule has 0 aromatic rings. The Bertz CT molecular complexity index is 1560. The van der Waals surface area contributed by atoms with Crippen molar-refractivity contribution >= 4 is 17.9 Å². The van der Waals surface area contributed by atoms with E-state index >= 15 is 0 Å². The number of carbonyl (C=O) groups is 3. The molecule has 0 bridgehead atoms. The fourth-order valence-electron chi connectivity index (χ4n) is 9.71. The molecule has 0 N–H and O–H groups in total. The van der Waals surface area contributed by atoms with Crippen LogP contribution in [-0.2, 0) is 28.6 Å². The summed E-state index contributed by atoms with van der Waals surface area (Å²) >= 11 is 0. The van der Waals surface area contributed by atoms with Crippen LogP contribution in [0.25, 0.3) is 0 Å². The summed E-state index contributed by atoms with van der Waals surface area (Å²) in [6.07, 6.45) is 91.3. The van der Waals surface area contributed by atoms with E-state index in [1.54, 1.807) is 0 Å². The molecule has 0 aliphatic heterocycles. The van der Waals surface area contributed by atoms with Gasteiger partial charge in [-0.3, -0.25) is 14.4 Å². The molecular formula is C74H128O6. The standard InChI is InChI=1S/C74H128O6/c1-4-7-10-13-16-19-22-25-28-31-33-34-35-36-37-38-39-40-42-43-46-49-52-55-58-61-64-67-73(76)79-70-71(69-78-72(75)66-63-60-57-54-51-48-45-30-27-24-21-18-15-12-9-6-3)80-74(77)68-65-62-59-56-53-50-47-44-41-32-29-26-23-20-17-14-11-8-5-2/h7,10,16,19,21,24-25,28,30,33-34,36-37,39-40,45,71H,4-6,8-9,11-15,17-18,20,22-23,26-27,29,31-32,35,38,41-44,46-70H2,1-3H3/b10-7-,19-16-,24-21-,28-25-,34-33-,37-36-,40-39-,45-30-. The van der Waals surface area contributed by atoms with E-state index in [0.29, 0.717) is 19.3 Å². The monoisotopic (exact) mass is 1110 g/mol. The van der Waals surface area contributed by atoms with E-state index in [1.165, 1.54) is 173 Å². The molecule has 0 rings (SSSR count). The Morgan fingerprint density at radius 1 is 0.263 bits per heavy atom. The molecule has 0 aliphatic carbocycles. The van der Waals surface area contributed by atoms with Crippen LogP contribution in [-0.4, -0.2) is 37.2 Å². The Hall–Kier alpha value is -3.67. The van der Waals surface area contributed by atoms with Crippen molar-refractivity contribution in [3.05, 3.63) is 97.2 Å². The van der Waals surface area contributed by atoms with E-state index in [-0.39, 0.29) is 31.1 Å². The van der Waals surface area contributed by atoms with Gasteiger partial charge < -0.3 is 14.2 Å². The lowest BCUT2D eigenvalue weighted by Crippen LogP contribution is -2.30. The first-order chi connectivity index (χ1) is 39.5. The van der Waals surface area contributed by atoms with E-state index < -0.39 is 6.10 Å². The van der Waals surface area contributed by atoms with Crippen molar-refractivity contribution in [1.29, 1.82) is 0 Å². The van der Waals surface area contributed by atoms with Crippen LogP contribution in [0.5, 0.6) is 0 Å². The molecule has 6 heteroatoms. The highest BCUT2D eigenvalue weighted by molar-refractivity contribution is 5.71. The van der Waals surface area contributed by atoms with Crippen molar-refractivity contribution in [2.75, 3.05) is 13.2 Å². The molecule has 0 spiro atoms. The van der Waals surface area contributed by atoms with Gasteiger partial charge in [0.1, 0.15) is 13.2 Å². The van der Waals surface area contributed by atoms with Crippen LogP contribution in [0, 0.1) is 0 Å². The topological polar surface area (TPSA) is 78.9 Å². The summed E-state index contributed by atoms with van der Waals surface area (Å²) in [6.45, 7) is 6.53. The molecule has 0 fully saturated rings. The van der Waals surface area contributed by atoms with Crippen LogP contribution < -0.4 is 0 Å². The lowest BCUT2D eigenvalue weighted by molar-refractivity contribution is -0.167. The summed E-state index contributed by atoms with van der Waals surface area (Å²) in [5.41, 5.74) is 0. The third kappa shape index (κ3) is 65.1. The smallest absolute Gasteiger partial charge is 0.306 e. The van der Waals surface area contributed by atoms with Crippen molar-refractivity contribution in [2.24, 2.45) is 0 Å². The molecule has 0 saturated heterocycles. The van der Waals surface area contributed by atoms with Gasteiger partial charge in [-0.05, 0) is 103 Å². The summed E-state index contributed by atoms with van der Waals surface area (Å²) in [5.74, 6) is -0.889. The molecular weight excluding hydrogens is 985 g/mol. The van der Waals surface area contributed by atoms with Crippen LogP contribution in [0.1, 0.15) is 335 Å². The third-order valence-electron chi connectivity index (χ3n) is 14.8. The fourth-order valence-corrected chi connectivity index (χ4v) is 9.71. The van der Waals surface area contributed by atoms with Gasteiger partial charge in [0.2, 0.25) is 0 Å². The Balaban J connectivity index is 4.36. The number of rotatable bonds is 62. The Morgan fingerprint density at radius 2 is 0.487 bits per heavy atom. The van der Waals surface area contributed by atoms with Gasteiger partial charge in [0.15, 0.2) is 6.10 Å². The minimum atomic E-state index is -0.788. The van der Waals surface area contributed by atoms with Gasteiger partial charge in [-0.25, -0.2) is 0 Å². The number of ether oxygens (including phenoxy) is 3. The van der Waals surface area contributed by atoms with E-state index in [1.807, 2.05) is 0 Å². The fraction of sp³-hybridized carbons (Fsp3) is 0.743. The molecule has 0 aliphatic rings. The molecule has 0 aromatic heterocycles. The highest BCUT2D eigenvalue weighted by atomic mass is 16.6. The average molecular weight is 1110 g/mol. The van der Waals surface area contributed by atoms with Gasteiger partial charge in [0, 0.05) is 19.3 Å². The van der Waals surface area contributed by atoms with Crippen LogP contribution in [0.3, 0.4) is 0 Å². The summed E-state index contributed by atoms with van der Waals surface area (Å²) in [5, 5.41) is 0. The third-order valence-corrected chi connectivity index (χ3v) is 14.8. The Kier molecular flexibility index (Phi) is 64.7. The van der Waals surface area contributed by atoms with Crippen molar-refractivity contribution in [1.82, 2.24) is 0 Å². The van der Waals surface area contributed by atoms with Crippen molar-refractivity contribution in [3.8, 4) is 0 Å². The summed E-state index contributed by atoms with van der Waals surface area (Å²) in [7, 11) is 0. The number of unbranched alkanes of at least 4 members (excludes halogenated alkanes) is 35. The van der Waals surface area contributed by atoms with Gasteiger partial charge in [0.25, 0.3) is 0 Å². The summed E-state index contributed by atoms with van der Waals surface area (Å²) in [6, 6.07) is 0. The second-order valence-electron chi connectivity index (χ2n) is 22.7. The van der Waals surface area contributed by atoms with Crippen molar-refractivity contribution in [3.63, 3.8) is 0 Å². The molecule has 1 unspecified atom stereocenters. The first kappa shape index (κ1) is 76.3. The highest BCUT2D eigenvalue weighted by Crippen LogP contribution is 2.17. The van der Waals surface area contributed by atoms with Gasteiger partial charge >= 0.3 is 17.9 Å². The van der Waals surface area contributed by atoms with Crippen LogP contribution in [0.4, 0.5) is 0 Å². The molecule has 6 nitrogen and oxygen atoms in total. The maximum atomic E-state index is 12.9. The minimum Gasteiger partial charge on any atom is -0.462 e. The molecule has 0 amide bonds. The molecule has 0 heterocycles. The molecule has 0 aromatic carbocycles. The molecule has 460 valence electrons. The predicted octanol–water partition coefficient (Wildman–Crippen LogP) is 23.6. The number of hydrogen-bond acceptors (Lipinski definition) is 6. The first-order valence-electron chi connectivity index (χ1n) is 34.2. The SMILES string of the molecule is CC/C=C\C/C=C\C/C=C\C/C=C\C/C=C\C/C=C\CCCCCCCCCCC(=O)OCC(COC(=O)CCCCCCC/C=C\C/C=C\CCCCCC)OC(=O)CCCCCCCCCCCCCCCCCCCCC. The zero-order valence-corrected chi connectivity index (χ0v) is 52.8. The first-order valence-corrected chi connectivity index (χ1v) is 34.2. The second-order valence-corrected chi connectivity index (χ2v) is 22.7. The van der Waals surface area contributed by atoms with E-state index in [0.717, 1.165) is 122 Å². The quantitative estimate of drug-likeness (QED) is 0.0261. The number of allylic oxidation sites excluding steroid dienone is 16. The van der Waals surface area contributed by atoms with Crippen molar-refractivity contribution < 1.29 is 28.6 Å². The zero-order chi connectivity index (χ0) is 57.8. The van der Waals surface area contributed by atoms with Gasteiger partial charge in [-0.1, -0.05) is 311 Å². The maximum absolute atomic E-state index is 12.9. The van der Waals surface area contributed by atoms with Crippen LogP contribution >= 0.6 is 0 Å². The van der Waals surface area contributed by atoms with E-state index in [4.69, 9.17) is 14.2 Å². The van der Waals surface area contributed by atoms with Gasteiger partial charge in [0.05, 0.1) is 0 Å². The maximum Gasteiger partial charge on any atom is 0.306 e. The lowest BCUT2D eigenvalue weighted by Gasteiger charge is -2.18. The van der Waals surface area contributed by atoms with Crippen LogP contribution in [0.2, 0.25) is 0 Å². The van der Waals surface area contributed by atoms with Gasteiger partial charge in [-0.15, -0.1) is 0 Å². The Morgan fingerprint density at radius 3 is 0.775 bits per heavy atom. The zero-order valence-electron chi connectivity index (χ0n) is 52.8. The molecule has 1 atom stereocenters. The molecule has 0 saturated carbocycles. The average Bonchev–Trinajstić information content (AvgIpc) is 3.46.